The van der Waals surface area contributed by atoms with Gasteiger partial charge >= 0.3 is 0 Å². The van der Waals surface area contributed by atoms with Crippen molar-refractivity contribution in [3.8, 4) is 0 Å². The second-order valence-corrected chi connectivity index (χ2v) is 5.82. The molecule has 2 aromatic carbocycles. The first kappa shape index (κ1) is 20.5. The third-order valence-corrected chi connectivity index (χ3v) is 3.87. The van der Waals surface area contributed by atoms with E-state index in [-0.39, 0.29) is 22.7 Å². The van der Waals surface area contributed by atoms with Crippen molar-refractivity contribution in [2.75, 3.05) is 11.9 Å². The lowest BCUT2D eigenvalue weighted by Crippen LogP contribution is -2.26. The molecule has 2 amide bonds. The fraction of sp³-hybridized carbons (Fsp3) is 0.222. The lowest BCUT2D eigenvalue weighted by Gasteiger charge is -2.11. The Labute approximate surface area is 159 Å². The second kappa shape index (κ2) is 9.21. The van der Waals surface area contributed by atoms with Crippen molar-refractivity contribution < 1.29 is 19.4 Å². The van der Waals surface area contributed by atoms with Crippen molar-refractivity contribution in [1.82, 2.24) is 5.32 Å². The molecule has 2 rings (SSSR count). The summed E-state index contributed by atoms with van der Waals surface area (Å²) >= 11 is 0. The number of para-hydroxylation sites is 1. The van der Waals surface area contributed by atoms with Crippen LogP contribution in [0, 0.1) is 20.2 Å². The zero-order valence-corrected chi connectivity index (χ0v) is 15.0. The van der Waals surface area contributed by atoms with Crippen molar-refractivity contribution in [3.05, 3.63) is 73.8 Å². The van der Waals surface area contributed by atoms with Gasteiger partial charge in [0.25, 0.3) is 23.2 Å². The van der Waals surface area contributed by atoms with E-state index in [9.17, 15) is 29.8 Å². The van der Waals surface area contributed by atoms with E-state index in [4.69, 9.17) is 0 Å². The molecular weight excluding hydrogens is 368 g/mol. The summed E-state index contributed by atoms with van der Waals surface area (Å²) in [5.41, 5.74) is -1.17. The van der Waals surface area contributed by atoms with Gasteiger partial charge in [0.15, 0.2) is 0 Å². The monoisotopic (exact) mass is 386 g/mol. The molecule has 0 fully saturated rings. The van der Waals surface area contributed by atoms with Gasteiger partial charge in [0.05, 0.1) is 27.2 Å². The number of nitrogens with one attached hydrogen (secondary N) is 2. The molecule has 28 heavy (non-hydrogen) atoms. The summed E-state index contributed by atoms with van der Waals surface area (Å²) in [5, 5.41) is 27.2. The van der Waals surface area contributed by atoms with E-state index >= 15 is 0 Å². The quantitative estimate of drug-likeness (QED) is 0.404. The summed E-state index contributed by atoms with van der Waals surface area (Å²) in [4.78, 5) is 45.2. The summed E-state index contributed by atoms with van der Waals surface area (Å²) in [6.07, 6.45) is 1.71. The Morgan fingerprint density at radius 3 is 2.32 bits per heavy atom. The molecular formula is C18H18N4O6. The van der Waals surface area contributed by atoms with Gasteiger partial charge in [-0.25, -0.2) is 0 Å². The van der Waals surface area contributed by atoms with Crippen LogP contribution in [-0.2, 0) is 0 Å². The van der Waals surface area contributed by atoms with E-state index < -0.39 is 27.1 Å². The number of carbonyl (C=O) groups is 2. The fourth-order valence-electron chi connectivity index (χ4n) is 2.43. The number of anilines is 1. The van der Waals surface area contributed by atoms with E-state index in [1.165, 1.54) is 12.1 Å². The Morgan fingerprint density at radius 1 is 0.964 bits per heavy atom. The number of unbranched alkanes of at least 4 members (excludes halogenated alkanes) is 1. The minimum Gasteiger partial charge on any atom is -0.352 e. The third kappa shape index (κ3) is 4.87. The predicted molar refractivity (Wildman–Crippen MR) is 101 cm³/mol. The number of nitrogens with zero attached hydrogens (tertiary/aromatic N) is 2. The number of benzene rings is 2. The molecule has 0 saturated carbocycles. The Balaban J connectivity index is 2.30. The van der Waals surface area contributed by atoms with E-state index in [0.717, 1.165) is 31.0 Å². The largest absolute Gasteiger partial charge is 0.352 e. The third-order valence-electron chi connectivity index (χ3n) is 3.87. The second-order valence-electron chi connectivity index (χ2n) is 5.82. The standard InChI is InChI=1S/C18H18N4O6/c1-2-3-10-19-17(23)13-6-4-5-7-15(13)20-18(24)14-9-8-12(21(25)26)11-16(14)22(27)28/h4-9,11H,2-3,10H2,1H3,(H,19,23)(H,20,24). The van der Waals surface area contributed by atoms with E-state index in [0.29, 0.717) is 6.54 Å². The van der Waals surface area contributed by atoms with Crippen molar-refractivity contribution in [2.45, 2.75) is 19.8 Å². The first-order chi connectivity index (χ1) is 13.3. The minimum atomic E-state index is -0.870. The van der Waals surface area contributed by atoms with E-state index in [2.05, 4.69) is 10.6 Å². The van der Waals surface area contributed by atoms with Gasteiger partial charge in [-0.15, -0.1) is 0 Å². The molecule has 10 nitrogen and oxygen atoms in total. The van der Waals surface area contributed by atoms with Crippen LogP contribution in [0.15, 0.2) is 42.5 Å². The topological polar surface area (TPSA) is 144 Å². The summed E-state index contributed by atoms with van der Waals surface area (Å²) in [5.74, 6) is -1.24. The Bertz CT molecular complexity index is 928. The maximum absolute atomic E-state index is 12.5. The van der Waals surface area contributed by atoms with Gasteiger partial charge in [0, 0.05) is 12.6 Å². The minimum absolute atomic E-state index is 0.175. The summed E-state index contributed by atoms with van der Waals surface area (Å²) in [6, 6.07) is 8.96. The van der Waals surface area contributed by atoms with Gasteiger partial charge < -0.3 is 10.6 Å². The van der Waals surface area contributed by atoms with Crippen LogP contribution in [-0.4, -0.2) is 28.2 Å². The molecule has 0 saturated heterocycles. The van der Waals surface area contributed by atoms with Crippen molar-refractivity contribution in [1.29, 1.82) is 0 Å². The van der Waals surface area contributed by atoms with Gasteiger partial charge in [0.1, 0.15) is 5.56 Å². The molecule has 0 atom stereocenters. The molecule has 2 N–H and O–H groups in total. The van der Waals surface area contributed by atoms with Crippen LogP contribution in [0.3, 0.4) is 0 Å². The van der Waals surface area contributed by atoms with Gasteiger partial charge in [0.2, 0.25) is 0 Å². The fourth-order valence-corrected chi connectivity index (χ4v) is 2.43. The predicted octanol–water partition coefficient (Wildman–Crippen LogP) is 3.29. The molecule has 0 radical (unpaired) electrons. The summed E-state index contributed by atoms with van der Waals surface area (Å²) in [7, 11) is 0. The SMILES string of the molecule is CCCCNC(=O)c1ccccc1NC(=O)c1ccc([N+](=O)[O-])cc1[N+](=O)[O-]. The number of amides is 2. The van der Waals surface area contributed by atoms with E-state index in [1.807, 2.05) is 6.92 Å². The molecule has 0 spiro atoms. The van der Waals surface area contributed by atoms with Crippen molar-refractivity contribution in [3.63, 3.8) is 0 Å². The van der Waals surface area contributed by atoms with Crippen LogP contribution < -0.4 is 10.6 Å². The Kier molecular flexibility index (Phi) is 6.74. The number of carbonyl (C=O) groups excluding carboxylic acids is 2. The molecule has 0 heterocycles. The summed E-state index contributed by atoms with van der Waals surface area (Å²) in [6.45, 7) is 2.46. The molecule has 0 aromatic heterocycles. The zero-order chi connectivity index (χ0) is 20.7. The average Bonchev–Trinajstić information content (AvgIpc) is 2.67. The summed E-state index contributed by atoms with van der Waals surface area (Å²) < 4.78 is 0. The highest BCUT2D eigenvalue weighted by Gasteiger charge is 2.25. The van der Waals surface area contributed by atoms with E-state index in [1.54, 1.807) is 12.1 Å². The normalized spacial score (nSPS) is 10.2. The van der Waals surface area contributed by atoms with Crippen LogP contribution in [0.1, 0.15) is 40.5 Å². The first-order valence-electron chi connectivity index (χ1n) is 8.46. The van der Waals surface area contributed by atoms with Crippen LogP contribution in [0.5, 0.6) is 0 Å². The molecule has 10 heteroatoms. The van der Waals surface area contributed by atoms with Gasteiger partial charge in [-0.3, -0.25) is 29.8 Å². The highest BCUT2D eigenvalue weighted by Crippen LogP contribution is 2.26. The van der Waals surface area contributed by atoms with Gasteiger partial charge in [-0.1, -0.05) is 25.5 Å². The Hall–Kier alpha value is -3.82. The highest BCUT2D eigenvalue weighted by molar-refractivity contribution is 6.10. The number of nitro benzene ring substituents is 2. The molecule has 0 unspecified atom stereocenters. The number of nitro groups is 2. The van der Waals surface area contributed by atoms with Crippen LogP contribution in [0.2, 0.25) is 0 Å². The Morgan fingerprint density at radius 2 is 1.68 bits per heavy atom. The molecule has 2 aromatic rings. The van der Waals surface area contributed by atoms with Gasteiger partial charge in [-0.2, -0.15) is 0 Å². The van der Waals surface area contributed by atoms with Crippen molar-refractivity contribution in [2.24, 2.45) is 0 Å². The molecule has 0 aliphatic carbocycles. The lowest BCUT2D eigenvalue weighted by atomic mass is 10.1. The van der Waals surface area contributed by atoms with Crippen LogP contribution in [0.4, 0.5) is 17.1 Å². The average molecular weight is 386 g/mol. The van der Waals surface area contributed by atoms with Crippen LogP contribution >= 0.6 is 0 Å². The first-order valence-corrected chi connectivity index (χ1v) is 8.46. The number of rotatable bonds is 8. The number of hydrogen-bond acceptors (Lipinski definition) is 6. The number of hydrogen-bond donors (Lipinski definition) is 2. The molecule has 0 bridgehead atoms. The molecule has 0 aliphatic heterocycles. The maximum atomic E-state index is 12.5. The van der Waals surface area contributed by atoms with Gasteiger partial charge in [-0.05, 0) is 24.6 Å². The number of non-ortho nitro benzene ring substituents is 1. The lowest BCUT2D eigenvalue weighted by molar-refractivity contribution is -0.394. The highest BCUT2D eigenvalue weighted by atomic mass is 16.6. The smallest absolute Gasteiger partial charge is 0.289 e. The molecule has 0 aliphatic rings. The molecule has 146 valence electrons. The zero-order valence-electron chi connectivity index (χ0n) is 15.0. The maximum Gasteiger partial charge on any atom is 0.289 e. The van der Waals surface area contributed by atoms with Crippen LogP contribution in [0.25, 0.3) is 0 Å². The van der Waals surface area contributed by atoms with Crippen molar-refractivity contribution >= 4 is 28.9 Å².